The summed E-state index contributed by atoms with van der Waals surface area (Å²) in [5, 5.41) is 7.21. The second-order valence-corrected chi connectivity index (χ2v) is 6.82. The van der Waals surface area contributed by atoms with Crippen LogP contribution in [0.1, 0.15) is 30.6 Å². The first kappa shape index (κ1) is 20.2. The fourth-order valence-electron chi connectivity index (χ4n) is 3.12. The van der Waals surface area contributed by atoms with Gasteiger partial charge in [-0.2, -0.15) is 8.78 Å². The molecule has 3 rings (SSSR count). The Bertz CT molecular complexity index is 895. The Morgan fingerprint density at radius 3 is 2.54 bits per heavy atom. The topological polar surface area (TPSA) is 77.0 Å². The summed E-state index contributed by atoms with van der Waals surface area (Å²) in [6, 6.07) is 0.310. The highest BCUT2D eigenvalue weighted by molar-refractivity contribution is 5.76. The summed E-state index contributed by atoms with van der Waals surface area (Å²) in [6.45, 7) is 0.992. The van der Waals surface area contributed by atoms with Crippen molar-refractivity contribution in [2.24, 2.45) is 5.73 Å². The van der Waals surface area contributed by atoms with Gasteiger partial charge in [-0.1, -0.05) is 0 Å². The van der Waals surface area contributed by atoms with E-state index in [-0.39, 0.29) is 49.8 Å². The predicted octanol–water partition coefficient (Wildman–Crippen LogP) is 2.11. The van der Waals surface area contributed by atoms with Crippen molar-refractivity contribution < 1.29 is 26.7 Å². The van der Waals surface area contributed by atoms with Gasteiger partial charge < -0.3 is 15.2 Å². The molecule has 0 spiro atoms. The molecule has 1 aromatic heterocycles. The summed E-state index contributed by atoms with van der Waals surface area (Å²) in [5.74, 6) is -7.20. The molecule has 0 radical (unpaired) electrons. The number of benzene rings is 1. The van der Waals surface area contributed by atoms with Crippen molar-refractivity contribution in [3.05, 3.63) is 46.8 Å². The van der Waals surface area contributed by atoms with Gasteiger partial charge in [0.15, 0.2) is 17.5 Å². The lowest BCUT2D eigenvalue weighted by Gasteiger charge is -2.29. The zero-order chi connectivity index (χ0) is 20.6. The number of amides is 1. The molecular formula is C17H18F5N5O. The largest absolute Gasteiger partial charge is 0.333 e. The van der Waals surface area contributed by atoms with E-state index in [0.29, 0.717) is 12.1 Å². The van der Waals surface area contributed by atoms with E-state index in [1.54, 1.807) is 0 Å². The molecule has 0 unspecified atom stereocenters. The monoisotopic (exact) mass is 403 g/mol. The molecule has 2 heterocycles. The maximum Gasteiger partial charge on any atom is 0.304 e. The number of alkyl halides is 2. The van der Waals surface area contributed by atoms with Crippen LogP contribution >= 0.6 is 0 Å². The van der Waals surface area contributed by atoms with Gasteiger partial charge in [0.2, 0.25) is 11.7 Å². The average Bonchev–Trinajstić information content (AvgIpc) is 3.03. The fourth-order valence-corrected chi connectivity index (χ4v) is 3.12. The van der Waals surface area contributed by atoms with Crippen LogP contribution in [0.4, 0.5) is 22.0 Å². The highest BCUT2D eigenvalue weighted by Gasteiger charge is 2.35. The average molecular weight is 403 g/mol. The standard InChI is InChI=1S/C17H18F5N5O/c1-17(21,22)16-25-24-14-8-26(2-3-27(14)16)15(28)6-10(23)4-9-5-12(19)13(20)7-11(9)18/h5,7,10H,2-4,6,8,23H2,1H3/t10-/m1/s1. The molecular weight excluding hydrogens is 385 g/mol. The maximum atomic E-state index is 13.7. The van der Waals surface area contributed by atoms with Crippen LogP contribution in [0.2, 0.25) is 0 Å². The number of rotatable bonds is 5. The lowest BCUT2D eigenvalue weighted by molar-refractivity contribution is -0.133. The zero-order valence-electron chi connectivity index (χ0n) is 14.9. The van der Waals surface area contributed by atoms with E-state index in [1.165, 1.54) is 9.47 Å². The van der Waals surface area contributed by atoms with E-state index in [9.17, 15) is 26.7 Å². The van der Waals surface area contributed by atoms with Crippen LogP contribution in [0, 0.1) is 17.5 Å². The molecule has 1 aliphatic rings. The van der Waals surface area contributed by atoms with E-state index in [4.69, 9.17) is 5.73 Å². The third kappa shape index (κ3) is 4.13. The van der Waals surface area contributed by atoms with Crippen LogP contribution in [0.25, 0.3) is 0 Å². The smallest absolute Gasteiger partial charge is 0.304 e. The number of hydrogen-bond donors (Lipinski definition) is 1. The number of hydrogen-bond acceptors (Lipinski definition) is 4. The van der Waals surface area contributed by atoms with Crippen molar-refractivity contribution in [3.8, 4) is 0 Å². The maximum absolute atomic E-state index is 13.7. The summed E-state index contributed by atoms with van der Waals surface area (Å²) in [4.78, 5) is 13.8. The number of aromatic nitrogens is 3. The molecule has 0 saturated heterocycles. The summed E-state index contributed by atoms with van der Waals surface area (Å²) >= 11 is 0. The van der Waals surface area contributed by atoms with Gasteiger partial charge in [-0.25, -0.2) is 13.2 Å². The third-order valence-electron chi connectivity index (χ3n) is 4.51. The number of carbonyl (C=O) groups is 1. The van der Waals surface area contributed by atoms with Crippen molar-refractivity contribution in [1.82, 2.24) is 19.7 Å². The van der Waals surface area contributed by atoms with E-state index >= 15 is 0 Å². The first-order valence-electron chi connectivity index (χ1n) is 8.53. The second-order valence-electron chi connectivity index (χ2n) is 6.82. The predicted molar refractivity (Wildman–Crippen MR) is 87.6 cm³/mol. The third-order valence-corrected chi connectivity index (χ3v) is 4.51. The van der Waals surface area contributed by atoms with Crippen LogP contribution < -0.4 is 5.73 Å². The van der Waals surface area contributed by atoms with Gasteiger partial charge in [-0.05, 0) is 18.1 Å². The molecule has 2 N–H and O–H groups in total. The van der Waals surface area contributed by atoms with Gasteiger partial charge in [0.25, 0.3) is 0 Å². The molecule has 1 aliphatic heterocycles. The Morgan fingerprint density at radius 2 is 1.86 bits per heavy atom. The molecule has 2 aromatic rings. The number of carbonyl (C=O) groups excluding carboxylic acids is 1. The van der Waals surface area contributed by atoms with Crippen molar-refractivity contribution in [3.63, 3.8) is 0 Å². The molecule has 1 atom stereocenters. The van der Waals surface area contributed by atoms with Crippen molar-refractivity contribution in [1.29, 1.82) is 0 Å². The summed E-state index contributed by atoms with van der Waals surface area (Å²) in [6.07, 6.45) is -0.339. The van der Waals surface area contributed by atoms with E-state index in [1.807, 2.05) is 0 Å². The SMILES string of the molecule is CC(F)(F)c1nnc2n1CCN(C(=O)C[C@H](N)Cc1cc(F)c(F)cc1F)C2. The van der Waals surface area contributed by atoms with Crippen LogP contribution in [0.15, 0.2) is 12.1 Å². The minimum absolute atomic E-state index is 0.00578. The van der Waals surface area contributed by atoms with Gasteiger partial charge >= 0.3 is 5.92 Å². The normalized spacial score (nSPS) is 15.5. The molecule has 152 valence electrons. The first-order chi connectivity index (χ1) is 13.1. The van der Waals surface area contributed by atoms with Crippen molar-refractivity contribution in [2.75, 3.05) is 6.54 Å². The Hall–Kier alpha value is -2.56. The van der Waals surface area contributed by atoms with Crippen molar-refractivity contribution in [2.45, 2.75) is 44.8 Å². The number of fused-ring (bicyclic) bond motifs is 1. The summed E-state index contributed by atoms with van der Waals surface area (Å²) < 4.78 is 68.2. The lowest BCUT2D eigenvalue weighted by atomic mass is 10.0. The van der Waals surface area contributed by atoms with Crippen LogP contribution in [-0.2, 0) is 30.2 Å². The molecule has 0 fully saturated rings. The number of halogens is 5. The quantitative estimate of drug-likeness (QED) is 0.613. The Kier molecular flexibility index (Phi) is 5.37. The highest BCUT2D eigenvalue weighted by Crippen LogP contribution is 2.27. The molecule has 6 nitrogen and oxygen atoms in total. The molecule has 0 saturated carbocycles. The van der Waals surface area contributed by atoms with E-state index in [0.717, 1.165) is 6.92 Å². The number of nitrogens with two attached hydrogens (primary N) is 1. The van der Waals surface area contributed by atoms with Crippen LogP contribution in [0.5, 0.6) is 0 Å². The Morgan fingerprint density at radius 1 is 1.18 bits per heavy atom. The fraction of sp³-hybridized carbons (Fsp3) is 0.471. The molecule has 28 heavy (non-hydrogen) atoms. The molecule has 1 aromatic carbocycles. The Balaban J connectivity index is 1.63. The van der Waals surface area contributed by atoms with Gasteiger partial charge in [-0.15, -0.1) is 10.2 Å². The van der Waals surface area contributed by atoms with Gasteiger partial charge in [-0.3, -0.25) is 4.79 Å². The minimum atomic E-state index is -3.14. The Labute approximate surface area is 157 Å². The zero-order valence-corrected chi connectivity index (χ0v) is 14.9. The van der Waals surface area contributed by atoms with Gasteiger partial charge in [0.05, 0.1) is 6.54 Å². The molecule has 0 aliphatic carbocycles. The highest BCUT2D eigenvalue weighted by atomic mass is 19.3. The summed E-state index contributed by atoms with van der Waals surface area (Å²) in [5.41, 5.74) is 5.73. The van der Waals surface area contributed by atoms with E-state index in [2.05, 4.69) is 10.2 Å². The summed E-state index contributed by atoms with van der Waals surface area (Å²) in [7, 11) is 0. The first-order valence-corrected chi connectivity index (χ1v) is 8.53. The number of nitrogens with zero attached hydrogens (tertiary/aromatic N) is 4. The molecule has 0 bridgehead atoms. The van der Waals surface area contributed by atoms with Crippen LogP contribution in [-0.4, -0.2) is 38.2 Å². The minimum Gasteiger partial charge on any atom is -0.333 e. The van der Waals surface area contributed by atoms with Crippen molar-refractivity contribution >= 4 is 5.91 Å². The molecule has 1 amide bonds. The van der Waals surface area contributed by atoms with Gasteiger partial charge in [0.1, 0.15) is 5.82 Å². The second kappa shape index (κ2) is 7.46. The molecule has 11 heteroatoms. The van der Waals surface area contributed by atoms with Crippen LogP contribution in [0.3, 0.4) is 0 Å². The van der Waals surface area contributed by atoms with E-state index < -0.39 is 35.2 Å². The lowest BCUT2D eigenvalue weighted by Crippen LogP contribution is -2.42. The van der Waals surface area contributed by atoms with Gasteiger partial charge in [0, 0.05) is 38.5 Å².